The number of carbonyl (C=O) groups is 1. The van der Waals surface area contributed by atoms with Gasteiger partial charge in [-0.1, -0.05) is 0 Å². The molecule has 28 heavy (non-hydrogen) atoms. The molecule has 0 radical (unpaired) electrons. The molecule has 9 nitrogen and oxygen atoms in total. The number of fused-ring (bicyclic) bond motifs is 2. The zero-order valence-corrected chi connectivity index (χ0v) is 17.2. The minimum absolute atomic E-state index is 0.00686. The van der Waals surface area contributed by atoms with Crippen LogP contribution in [0.25, 0.3) is 4.96 Å². The van der Waals surface area contributed by atoms with Crippen LogP contribution < -0.4 is 11.0 Å². The van der Waals surface area contributed by atoms with Crippen molar-refractivity contribution in [2.45, 2.75) is 45.3 Å². The number of hydrogen-bond acceptors (Lipinski definition) is 6. The van der Waals surface area contributed by atoms with Crippen molar-refractivity contribution < 1.29 is 4.79 Å². The third kappa shape index (κ3) is 3.49. The first kappa shape index (κ1) is 18.9. The van der Waals surface area contributed by atoms with Crippen LogP contribution in [-0.4, -0.2) is 61.2 Å². The van der Waals surface area contributed by atoms with Gasteiger partial charge in [-0.2, -0.15) is 5.10 Å². The summed E-state index contributed by atoms with van der Waals surface area (Å²) in [4.78, 5) is 32.7. The fourth-order valence-corrected chi connectivity index (χ4v) is 4.39. The van der Waals surface area contributed by atoms with E-state index in [1.165, 1.54) is 11.3 Å². The number of aryl methyl sites for hydroxylation is 2. The second-order valence-electron chi connectivity index (χ2n) is 7.48. The van der Waals surface area contributed by atoms with Crippen LogP contribution in [-0.2, 0) is 19.5 Å². The van der Waals surface area contributed by atoms with Gasteiger partial charge in [0.15, 0.2) is 4.96 Å². The van der Waals surface area contributed by atoms with Gasteiger partial charge < -0.3 is 10.2 Å². The minimum Gasteiger partial charge on any atom is -0.348 e. The van der Waals surface area contributed by atoms with E-state index in [1.54, 1.807) is 9.25 Å². The van der Waals surface area contributed by atoms with Crippen LogP contribution in [0, 0.1) is 6.92 Å². The second kappa shape index (κ2) is 7.51. The Labute approximate surface area is 166 Å². The van der Waals surface area contributed by atoms with Crippen molar-refractivity contribution in [1.82, 2.24) is 33.9 Å². The van der Waals surface area contributed by atoms with Gasteiger partial charge in [-0.25, -0.2) is 14.5 Å². The smallest absolute Gasteiger partial charge is 0.345 e. The van der Waals surface area contributed by atoms with Gasteiger partial charge in [-0.05, 0) is 33.9 Å². The Kier molecular flexibility index (Phi) is 5.07. The fraction of sp³-hybridized carbons (Fsp3) is 0.556. The first-order valence-electron chi connectivity index (χ1n) is 9.48. The second-order valence-corrected chi connectivity index (χ2v) is 8.35. The molecule has 3 aromatic rings. The zero-order chi connectivity index (χ0) is 19.8. The number of nitrogens with zero attached hydrogens (tertiary/aromatic N) is 6. The molecule has 1 aliphatic rings. The maximum Gasteiger partial charge on any atom is 0.345 e. The molecule has 4 rings (SSSR count). The summed E-state index contributed by atoms with van der Waals surface area (Å²) in [7, 11) is 3.96. The maximum absolute atomic E-state index is 12.8. The molecule has 4 heterocycles. The van der Waals surface area contributed by atoms with Gasteiger partial charge >= 0.3 is 5.69 Å². The van der Waals surface area contributed by atoms with Crippen molar-refractivity contribution in [1.29, 1.82) is 0 Å². The molecule has 1 N–H and O–H groups in total. The molecule has 1 atom stereocenters. The normalized spacial score (nSPS) is 17.1. The Morgan fingerprint density at radius 2 is 2.21 bits per heavy atom. The van der Waals surface area contributed by atoms with Gasteiger partial charge in [0.2, 0.25) is 0 Å². The van der Waals surface area contributed by atoms with Gasteiger partial charge in [0.1, 0.15) is 11.5 Å². The van der Waals surface area contributed by atoms with Crippen molar-refractivity contribution in [3.63, 3.8) is 0 Å². The summed E-state index contributed by atoms with van der Waals surface area (Å²) in [5, 5.41) is 9.56. The lowest BCUT2D eigenvalue weighted by molar-refractivity contribution is 0.0926. The van der Waals surface area contributed by atoms with Crippen LogP contribution in [0.3, 0.4) is 0 Å². The summed E-state index contributed by atoms with van der Waals surface area (Å²) in [6.07, 6.45) is 4.02. The lowest BCUT2D eigenvalue weighted by Crippen LogP contribution is -2.36. The highest BCUT2D eigenvalue weighted by molar-refractivity contribution is 7.15. The lowest BCUT2D eigenvalue weighted by Gasteiger charge is -2.16. The summed E-state index contributed by atoms with van der Waals surface area (Å²) < 4.78 is 5.14. The van der Waals surface area contributed by atoms with Crippen molar-refractivity contribution in [2.24, 2.45) is 0 Å². The average molecular weight is 404 g/mol. The van der Waals surface area contributed by atoms with Gasteiger partial charge in [0.05, 0.1) is 12.2 Å². The molecule has 1 amide bonds. The molecule has 1 aliphatic heterocycles. The maximum atomic E-state index is 12.8. The predicted octanol–water partition coefficient (Wildman–Crippen LogP) is 0.759. The average Bonchev–Trinajstić information content (AvgIpc) is 3.24. The van der Waals surface area contributed by atoms with Gasteiger partial charge in [-0.15, -0.1) is 11.3 Å². The minimum atomic E-state index is -0.115. The highest BCUT2D eigenvalue weighted by Crippen LogP contribution is 2.18. The zero-order valence-electron chi connectivity index (χ0n) is 16.4. The first-order valence-corrected chi connectivity index (χ1v) is 10.4. The van der Waals surface area contributed by atoms with Crippen LogP contribution in [0.5, 0.6) is 0 Å². The summed E-state index contributed by atoms with van der Waals surface area (Å²) in [6, 6.07) is 0.00686. The standard InChI is InChI=1S/C18H25N7O2S/c1-12-15(24-10-11-28-17(24)19-12)16(26)20-13-4-5-14-21-25(9-8-22(2)3)18(27)23(14)7-6-13/h10-11,13H,4-9H2,1-3H3,(H,20,26). The number of aromatic nitrogens is 5. The number of amides is 1. The monoisotopic (exact) mass is 403 g/mol. The Morgan fingerprint density at radius 3 is 3.00 bits per heavy atom. The van der Waals surface area contributed by atoms with Crippen molar-refractivity contribution in [3.8, 4) is 0 Å². The van der Waals surface area contributed by atoms with Crippen LogP contribution >= 0.6 is 11.3 Å². The number of nitrogens with one attached hydrogen (secondary N) is 1. The third-order valence-corrected chi connectivity index (χ3v) is 5.92. The Balaban J connectivity index is 1.44. The van der Waals surface area contributed by atoms with E-state index < -0.39 is 0 Å². The number of hydrogen-bond donors (Lipinski definition) is 1. The fourth-order valence-electron chi connectivity index (χ4n) is 3.63. The number of thiazole rings is 1. The van der Waals surface area contributed by atoms with E-state index in [4.69, 9.17) is 0 Å². The van der Waals surface area contributed by atoms with Crippen LogP contribution in [0.4, 0.5) is 0 Å². The lowest BCUT2D eigenvalue weighted by atomic mass is 10.1. The quantitative estimate of drug-likeness (QED) is 0.679. The largest absolute Gasteiger partial charge is 0.348 e. The summed E-state index contributed by atoms with van der Waals surface area (Å²) >= 11 is 1.51. The summed E-state index contributed by atoms with van der Waals surface area (Å²) in [5.41, 5.74) is 1.26. The van der Waals surface area contributed by atoms with E-state index in [9.17, 15) is 9.59 Å². The Bertz CT molecular complexity index is 1060. The number of rotatable bonds is 5. The number of imidazole rings is 1. The van der Waals surface area contributed by atoms with Crippen LogP contribution in [0.15, 0.2) is 16.4 Å². The van der Waals surface area contributed by atoms with Gasteiger partial charge in [0, 0.05) is 37.1 Å². The molecule has 0 aliphatic carbocycles. The van der Waals surface area contributed by atoms with Crippen molar-refractivity contribution >= 4 is 22.2 Å². The van der Waals surface area contributed by atoms with E-state index in [0.717, 1.165) is 29.4 Å². The van der Waals surface area contributed by atoms with E-state index in [0.29, 0.717) is 31.6 Å². The van der Waals surface area contributed by atoms with E-state index in [2.05, 4.69) is 15.4 Å². The molecule has 0 saturated carbocycles. The first-order chi connectivity index (χ1) is 13.4. The number of likely N-dealkylation sites (N-methyl/N-ethyl adjacent to an activating group) is 1. The van der Waals surface area contributed by atoms with E-state index in [-0.39, 0.29) is 17.6 Å². The molecule has 0 spiro atoms. The highest BCUT2D eigenvalue weighted by atomic mass is 32.1. The molecular formula is C18H25N7O2S. The SMILES string of the molecule is Cc1nc2sccn2c1C(=O)NC1CCc2nn(CCN(C)C)c(=O)n2CC1. The molecule has 1 unspecified atom stereocenters. The van der Waals surface area contributed by atoms with Crippen LogP contribution in [0.2, 0.25) is 0 Å². The van der Waals surface area contributed by atoms with Crippen LogP contribution in [0.1, 0.15) is 34.8 Å². The van der Waals surface area contributed by atoms with E-state index >= 15 is 0 Å². The molecule has 10 heteroatoms. The Hall–Kier alpha value is -2.46. The van der Waals surface area contributed by atoms with Crippen molar-refractivity contribution in [3.05, 3.63) is 39.3 Å². The topological polar surface area (TPSA) is 89.5 Å². The summed E-state index contributed by atoms with van der Waals surface area (Å²) in [6.45, 7) is 3.79. The molecule has 3 aromatic heterocycles. The van der Waals surface area contributed by atoms with Gasteiger partial charge in [-0.3, -0.25) is 13.8 Å². The molecule has 0 aromatic carbocycles. The summed E-state index contributed by atoms with van der Waals surface area (Å²) in [5.74, 6) is 0.692. The molecule has 150 valence electrons. The van der Waals surface area contributed by atoms with E-state index in [1.807, 2.05) is 41.9 Å². The number of carbonyl (C=O) groups excluding carboxylic acids is 1. The molecule has 0 bridgehead atoms. The molecule has 0 fully saturated rings. The third-order valence-electron chi connectivity index (χ3n) is 5.16. The predicted molar refractivity (Wildman–Crippen MR) is 107 cm³/mol. The Morgan fingerprint density at radius 1 is 1.39 bits per heavy atom. The highest BCUT2D eigenvalue weighted by Gasteiger charge is 2.24. The van der Waals surface area contributed by atoms with Crippen molar-refractivity contribution in [2.75, 3.05) is 20.6 Å². The molecular weight excluding hydrogens is 378 g/mol. The molecule has 0 saturated heterocycles. The van der Waals surface area contributed by atoms with Gasteiger partial charge in [0.25, 0.3) is 5.91 Å².